The molecule has 0 aliphatic carbocycles. The molecule has 2 saturated heterocycles. The molecule has 2 aliphatic heterocycles. The van der Waals surface area contributed by atoms with E-state index in [0.29, 0.717) is 0 Å². The lowest BCUT2D eigenvalue weighted by molar-refractivity contribution is -0.368. The third-order valence-electron chi connectivity index (χ3n) is 10.7. The number of aliphatic hydroxyl groups is 1. The van der Waals surface area contributed by atoms with E-state index in [4.69, 9.17) is 47.4 Å². The maximum Gasteiger partial charge on any atom is 0.303 e. The van der Waals surface area contributed by atoms with Crippen molar-refractivity contribution in [3.8, 4) is 0 Å². The molecule has 0 spiro atoms. The standard InChI is InChI=1S/C51H56O13/c1-35(52)60-45-43(34-56-29-38-20-10-4-11-21-38)62-50(54)48(59-32-41-26-16-7-17-27-41)47(45)64-51-49(61-36(2)53)46(58-31-40-24-14-6-15-25-40)44(57-30-39-22-12-5-13-23-39)42(63-51)33-55-28-37-18-8-3-9-19-37/h3-27,42-51,54H,28-34H2,1-2H3/t42-,43-,44+,45+,46+,47+,48-,49-,50-,51+/m1/s1. The van der Waals surface area contributed by atoms with Crippen LogP contribution < -0.4 is 0 Å². The SMILES string of the molecule is CC(=O)O[C@@H]1[C@H](O[C@@H]2O[C@H](COCc3ccccc3)[C@H](OCc3ccccc3)[C@H](OCc3ccccc3)[C@H]2OC(C)=O)[C@@H](OCc2ccccc2)[C@H](O)O[C@@H]1COCc1ccccc1. The average molecular weight is 877 g/mol. The maximum absolute atomic E-state index is 13.1. The molecule has 0 radical (unpaired) electrons. The number of aliphatic hydroxyl groups excluding tert-OH is 1. The van der Waals surface area contributed by atoms with E-state index >= 15 is 0 Å². The third kappa shape index (κ3) is 13.6. The van der Waals surface area contributed by atoms with Crippen molar-refractivity contribution in [2.45, 2.75) is 108 Å². The molecule has 7 rings (SSSR count). The van der Waals surface area contributed by atoms with Crippen LogP contribution in [0.4, 0.5) is 0 Å². The molecule has 0 saturated carbocycles. The fourth-order valence-electron chi connectivity index (χ4n) is 7.71. The lowest BCUT2D eigenvalue weighted by Gasteiger charge is -2.49. The number of carbonyl (C=O) groups is 2. The van der Waals surface area contributed by atoms with Crippen LogP contribution in [0.15, 0.2) is 152 Å². The summed E-state index contributed by atoms with van der Waals surface area (Å²) in [6, 6.07) is 47.9. The number of carbonyl (C=O) groups excluding carboxylic acids is 2. The zero-order valence-corrected chi connectivity index (χ0v) is 36.0. The molecule has 2 fully saturated rings. The van der Waals surface area contributed by atoms with Crippen molar-refractivity contribution in [2.75, 3.05) is 13.2 Å². The molecule has 0 unspecified atom stereocenters. The minimum Gasteiger partial charge on any atom is -0.457 e. The Hall–Kier alpha value is -5.32. The Labute approximate surface area is 374 Å². The summed E-state index contributed by atoms with van der Waals surface area (Å²) in [6.07, 6.45) is -11.7. The number of esters is 2. The van der Waals surface area contributed by atoms with Crippen molar-refractivity contribution in [1.29, 1.82) is 0 Å². The molecule has 338 valence electrons. The van der Waals surface area contributed by atoms with Crippen LogP contribution in [0.5, 0.6) is 0 Å². The van der Waals surface area contributed by atoms with E-state index in [0.717, 1.165) is 27.8 Å². The number of hydrogen-bond donors (Lipinski definition) is 1. The molecular formula is C51H56O13. The molecule has 10 atom stereocenters. The number of hydrogen-bond acceptors (Lipinski definition) is 13. The van der Waals surface area contributed by atoms with Crippen LogP contribution in [0.25, 0.3) is 0 Å². The van der Waals surface area contributed by atoms with Gasteiger partial charge in [-0.3, -0.25) is 9.59 Å². The van der Waals surface area contributed by atoms with Crippen molar-refractivity contribution < 1.29 is 62.1 Å². The highest BCUT2D eigenvalue weighted by molar-refractivity contribution is 5.66. The lowest BCUT2D eigenvalue weighted by atomic mass is 9.95. The van der Waals surface area contributed by atoms with Gasteiger partial charge >= 0.3 is 11.9 Å². The first-order valence-corrected chi connectivity index (χ1v) is 21.5. The molecule has 0 amide bonds. The van der Waals surface area contributed by atoms with Gasteiger partial charge in [-0.2, -0.15) is 0 Å². The van der Waals surface area contributed by atoms with Gasteiger partial charge < -0.3 is 52.5 Å². The molecule has 0 aromatic heterocycles. The Morgan fingerprint density at radius 1 is 0.438 bits per heavy atom. The molecule has 5 aromatic carbocycles. The Morgan fingerprint density at radius 2 is 0.797 bits per heavy atom. The maximum atomic E-state index is 13.1. The quantitative estimate of drug-likeness (QED) is 0.0767. The Bertz CT molecular complexity index is 2110. The zero-order valence-electron chi connectivity index (χ0n) is 36.0. The summed E-state index contributed by atoms with van der Waals surface area (Å²) in [4.78, 5) is 26.0. The molecule has 2 aliphatic rings. The molecule has 5 aromatic rings. The van der Waals surface area contributed by atoms with Crippen LogP contribution in [0, 0.1) is 0 Å². The van der Waals surface area contributed by atoms with Crippen LogP contribution in [0.3, 0.4) is 0 Å². The van der Waals surface area contributed by atoms with Crippen LogP contribution in [-0.2, 0) is 90.0 Å². The zero-order chi connectivity index (χ0) is 44.5. The van der Waals surface area contributed by atoms with Gasteiger partial charge in [-0.1, -0.05) is 152 Å². The summed E-state index contributed by atoms with van der Waals surface area (Å²) >= 11 is 0. The fraction of sp³-hybridized carbons (Fsp3) is 0.373. The largest absolute Gasteiger partial charge is 0.457 e. The van der Waals surface area contributed by atoms with Crippen LogP contribution in [0.2, 0.25) is 0 Å². The second kappa shape index (κ2) is 24.1. The Morgan fingerprint density at radius 3 is 1.22 bits per heavy atom. The minimum absolute atomic E-state index is 0.0138. The number of ether oxygens (including phenoxy) is 10. The van der Waals surface area contributed by atoms with Gasteiger partial charge in [-0.25, -0.2) is 0 Å². The predicted octanol–water partition coefficient (Wildman–Crippen LogP) is 6.87. The monoisotopic (exact) mass is 876 g/mol. The number of benzene rings is 5. The van der Waals surface area contributed by atoms with E-state index in [9.17, 15) is 14.7 Å². The van der Waals surface area contributed by atoms with Crippen LogP contribution in [0.1, 0.15) is 41.7 Å². The minimum atomic E-state index is -1.58. The third-order valence-corrected chi connectivity index (χ3v) is 10.7. The highest BCUT2D eigenvalue weighted by atomic mass is 16.8. The van der Waals surface area contributed by atoms with E-state index in [1.807, 2.05) is 152 Å². The van der Waals surface area contributed by atoms with E-state index in [2.05, 4.69) is 0 Å². The van der Waals surface area contributed by atoms with E-state index < -0.39 is 73.4 Å². The van der Waals surface area contributed by atoms with Gasteiger partial charge in [0.15, 0.2) is 24.8 Å². The van der Waals surface area contributed by atoms with Crippen LogP contribution >= 0.6 is 0 Å². The van der Waals surface area contributed by atoms with Gasteiger partial charge in [0.2, 0.25) is 0 Å². The van der Waals surface area contributed by atoms with Gasteiger partial charge in [0.25, 0.3) is 0 Å². The first-order chi connectivity index (χ1) is 31.3. The first kappa shape index (κ1) is 46.7. The normalized spacial score (nSPS) is 25.6. The van der Waals surface area contributed by atoms with E-state index in [-0.39, 0.29) is 46.2 Å². The predicted molar refractivity (Wildman–Crippen MR) is 233 cm³/mol. The van der Waals surface area contributed by atoms with Crippen molar-refractivity contribution in [3.63, 3.8) is 0 Å². The Balaban J connectivity index is 1.24. The summed E-state index contributed by atoms with van der Waals surface area (Å²) in [5.41, 5.74) is 4.42. The van der Waals surface area contributed by atoms with Gasteiger partial charge in [0.1, 0.15) is 36.6 Å². The summed E-state index contributed by atoms with van der Waals surface area (Å²) in [5.74, 6) is -1.27. The van der Waals surface area contributed by atoms with Gasteiger partial charge in [0.05, 0.1) is 46.2 Å². The smallest absolute Gasteiger partial charge is 0.303 e. The van der Waals surface area contributed by atoms with Crippen LogP contribution in [-0.4, -0.2) is 91.7 Å². The van der Waals surface area contributed by atoms with Crippen molar-refractivity contribution in [3.05, 3.63) is 179 Å². The fourth-order valence-corrected chi connectivity index (χ4v) is 7.71. The van der Waals surface area contributed by atoms with Crippen molar-refractivity contribution >= 4 is 11.9 Å². The second-order valence-corrected chi connectivity index (χ2v) is 15.6. The molecule has 13 nitrogen and oxygen atoms in total. The average Bonchev–Trinajstić information content (AvgIpc) is 3.31. The summed E-state index contributed by atoms with van der Waals surface area (Å²) in [6.45, 7) is 3.29. The molecule has 64 heavy (non-hydrogen) atoms. The molecule has 13 heteroatoms. The summed E-state index contributed by atoms with van der Waals surface area (Å²) < 4.78 is 64.2. The van der Waals surface area contributed by atoms with E-state index in [1.165, 1.54) is 13.8 Å². The molecular weight excluding hydrogens is 821 g/mol. The van der Waals surface area contributed by atoms with Crippen molar-refractivity contribution in [2.24, 2.45) is 0 Å². The van der Waals surface area contributed by atoms with Gasteiger partial charge in [-0.15, -0.1) is 0 Å². The summed E-state index contributed by atoms with van der Waals surface area (Å²) in [7, 11) is 0. The Kier molecular flexibility index (Phi) is 17.6. The molecule has 2 heterocycles. The van der Waals surface area contributed by atoms with Gasteiger partial charge in [-0.05, 0) is 27.8 Å². The number of rotatable bonds is 21. The van der Waals surface area contributed by atoms with Crippen molar-refractivity contribution in [1.82, 2.24) is 0 Å². The highest BCUT2D eigenvalue weighted by Gasteiger charge is 2.55. The summed E-state index contributed by atoms with van der Waals surface area (Å²) in [5, 5.41) is 11.7. The molecule has 1 N–H and O–H groups in total. The highest BCUT2D eigenvalue weighted by Crippen LogP contribution is 2.36. The molecule has 0 bridgehead atoms. The topological polar surface area (TPSA) is 147 Å². The van der Waals surface area contributed by atoms with Gasteiger partial charge in [0, 0.05) is 13.8 Å². The van der Waals surface area contributed by atoms with E-state index in [1.54, 1.807) is 0 Å². The second-order valence-electron chi connectivity index (χ2n) is 15.6. The lowest BCUT2D eigenvalue weighted by Crippen LogP contribution is -2.66. The first-order valence-electron chi connectivity index (χ1n) is 21.5.